The number of nitrogens with zero attached hydrogens (tertiary/aromatic N) is 5. The number of rotatable bonds is 7. The molecule has 0 spiro atoms. The predicted molar refractivity (Wildman–Crippen MR) is 185 cm³/mol. The first kappa shape index (κ1) is 32.4. The fraction of sp³-hybridized carbons (Fsp3) is 0.389. The van der Waals surface area contributed by atoms with Gasteiger partial charge in [-0.2, -0.15) is 0 Å². The Balaban J connectivity index is 1.12. The quantitative estimate of drug-likeness (QED) is 0.254. The monoisotopic (exact) mass is 637 g/mol. The molecule has 3 aromatic carbocycles. The molecule has 0 aliphatic carbocycles. The molecule has 2 saturated heterocycles. The first-order valence-corrected chi connectivity index (χ1v) is 16.2. The molecule has 4 aromatic rings. The molecule has 1 aromatic heterocycles. The third-order valence-corrected chi connectivity index (χ3v) is 8.97. The largest absolute Gasteiger partial charge is 0.386 e. The summed E-state index contributed by atoms with van der Waals surface area (Å²) < 4.78 is 5.57. The second-order valence-electron chi connectivity index (χ2n) is 13.0. The number of carbonyl (C=O) groups is 2. The number of hydrogen-bond acceptors (Lipinski definition) is 8. The molecule has 0 radical (unpaired) electrons. The van der Waals surface area contributed by atoms with E-state index < -0.39 is 11.6 Å². The van der Waals surface area contributed by atoms with Crippen molar-refractivity contribution >= 4 is 40.0 Å². The normalized spacial score (nSPS) is 16.0. The van der Waals surface area contributed by atoms with E-state index in [-0.39, 0.29) is 5.91 Å². The lowest BCUT2D eigenvalue weighted by Crippen LogP contribution is -2.44. The Morgan fingerprint density at radius 2 is 1.49 bits per heavy atom. The van der Waals surface area contributed by atoms with Crippen molar-refractivity contribution < 1.29 is 19.4 Å². The van der Waals surface area contributed by atoms with Crippen molar-refractivity contribution in [2.24, 2.45) is 0 Å². The smallest absolute Gasteiger partial charge is 0.323 e. The molecule has 11 heteroatoms. The molecular weight excluding hydrogens is 594 g/mol. The molecule has 246 valence electrons. The number of anilines is 3. The summed E-state index contributed by atoms with van der Waals surface area (Å²) in [5.41, 5.74) is 3.13. The van der Waals surface area contributed by atoms with Crippen LogP contribution in [0.2, 0.25) is 0 Å². The minimum absolute atomic E-state index is 0.0171. The predicted octanol–water partition coefficient (Wildman–Crippen LogP) is 5.17. The van der Waals surface area contributed by atoms with Crippen LogP contribution in [0.4, 0.5) is 22.0 Å². The van der Waals surface area contributed by atoms with E-state index in [0.29, 0.717) is 42.0 Å². The summed E-state index contributed by atoms with van der Waals surface area (Å²) >= 11 is 0. The van der Waals surface area contributed by atoms with Crippen LogP contribution in [-0.4, -0.2) is 96.3 Å². The Hall–Kier alpha value is -4.58. The van der Waals surface area contributed by atoms with Crippen LogP contribution in [0.3, 0.4) is 0 Å². The Labute approximate surface area is 275 Å². The summed E-state index contributed by atoms with van der Waals surface area (Å²) in [4.78, 5) is 42.0. The first-order valence-electron chi connectivity index (χ1n) is 16.2. The second-order valence-corrected chi connectivity index (χ2v) is 13.0. The highest BCUT2D eigenvalue weighted by atomic mass is 16.5. The van der Waals surface area contributed by atoms with Gasteiger partial charge in [0.25, 0.3) is 5.91 Å². The maximum Gasteiger partial charge on any atom is 0.323 e. The van der Waals surface area contributed by atoms with E-state index in [1.54, 1.807) is 38.1 Å². The van der Waals surface area contributed by atoms with Crippen molar-refractivity contribution in [1.29, 1.82) is 0 Å². The summed E-state index contributed by atoms with van der Waals surface area (Å²) in [6, 6.07) is 20.3. The van der Waals surface area contributed by atoms with Gasteiger partial charge in [0.05, 0.1) is 24.3 Å². The maximum absolute atomic E-state index is 13.0. The fourth-order valence-electron chi connectivity index (χ4n) is 6.10. The van der Waals surface area contributed by atoms with Crippen LogP contribution in [0.5, 0.6) is 0 Å². The summed E-state index contributed by atoms with van der Waals surface area (Å²) in [6.45, 7) is 7.72. The lowest BCUT2D eigenvalue weighted by Gasteiger charge is -2.35. The molecule has 0 saturated carbocycles. The van der Waals surface area contributed by atoms with Crippen molar-refractivity contribution in [3.05, 3.63) is 77.9 Å². The lowest BCUT2D eigenvalue weighted by atomic mass is 9.97. The number of amides is 3. The summed E-state index contributed by atoms with van der Waals surface area (Å²) in [5.74, 6) is 1.40. The van der Waals surface area contributed by atoms with Crippen molar-refractivity contribution in [1.82, 2.24) is 19.8 Å². The second kappa shape index (κ2) is 13.6. The number of piperidine rings is 1. The Morgan fingerprint density at radius 3 is 2.09 bits per heavy atom. The Kier molecular flexibility index (Phi) is 9.40. The summed E-state index contributed by atoms with van der Waals surface area (Å²) in [6.07, 6.45) is 1.93. The molecule has 3 amide bonds. The van der Waals surface area contributed by atoms with E-state index >= 15 is 0 Å². The van der Waals surface area contributed by atoms with Crippen molar-refractivity contribution in [2.75, 3.05) is 69.0 Å². The van der Waals surface area contributed by atoms with Gasteiger partial charge in [-0.15, -0.1) is 0 Å². The average molecular weight is 638 g/mol. The zero-order valence-corrected chi connectivity index (χ0v) is 27.5. The average Bonchev–Trinajstić information content (AvgIpc) is 3.08. The number of ether oxygens (including phenoxy) is 1. The van der Waals surface area contributed by atoms with Gasteiger partial charge in [0.15, 0.2) is 5.82 Å². The molecular formula is C36H43N7O4. The van der Waals surface area contributed by atoms with Gasteiger partial charge in [0, 0.05) is 60.1 Å². The highest BCUT2D eigenvalue weighted by molar-refractivity contribution is 6.00. The van der Waals surface area contributed by atoms with E-state index in [1.807, 2.05) is 47.4 Å². The van der Waals surface area contributed by atoms with E-state index in [2.05, 4.69) is 34.5 Å². The van der Waals surface area contributed by atoms with Gasteiger partial charge in [-0.1, -0.05) is 6.07 Å². The Morgan fingerprint density at radius 1 is 0.872 bits per heavy atom. The number of carbonyl (C=O) groups excluding carboxylic acids is 2. The number of likely N-dealkylation sites (tertiary alicyclic amines) is 1. The molecule has 0 bridgehead atoms. The lowest BCUT2D eigenvalue weighted by molar-refractivity contribution is 0.0663. The number of aromatic nitrogens is 2. The van der Waals surface area contributed by atoms with E-state index in [9.17, 15) is 14.7 Å². The van der Waals surface area contributed by atoms with Crippen LogP contribution in [0.15, 0.2) is 66.7 Å². The molecule has 2 fully saturated rings. The number of urea groups is 1. The SMILES string of the molecule is CN(C)C1CCN(C(=O)c2ccc(NC(=O)Nc3ccc(-c4nc(N5CCOCC5)c5ccc(C(C)(C)O)cc5n4)cc3)cc2)CC1. The molecule has 2 aliphatic rings. The van der Waals surface area contributed by atoms with Crippen LogP contribution < -0.4 is 15.5 Å². The van der Waals surface area contributed by atoms with Crippen molar-refractivity contribution in [3.63, 3.8) is 0 Å². The Bertz CT molecular complexity index is 1720. The number of nitrogens with one attached hydrogen (secondary N) is 2. The van der Waals surface area contributed by atoms with Gasteiger partial charge in [-0.25, -0.2) is 14.8 Å². The third-order valence-electron chi connectivity index (χ3n) is 8.97. The van der Waals surface area contributed by atoms with E-state index in [4.69, 9.17) is 14.7 Å². The minimum Gasteiger partial charge on any atom is -0.386 e. The minimum atomic E-state index is -1.00. The van der Waals surface area contributed by atoms with Crippen LogP contribution in [-0.2, 0) is 10.3 Å². The fourth-order valence-corrected chi connectivity index (χ4v) is 6.10. The van der Waals surface area contributed by atoms with Gasteiger partial charge in [0.2, 0.25) is 0 Å². The number of morpholine rings is 1. The zero-order chi connectivity index (χ0) is 33.1. The maximum atomic E-state index is 13.0. The topological polar surface area (TPSA) is 123 Å². The molecule has 0 atom stereocenters. The van der Waals surface area contributed by atoms with Gasteiger partial charge >= 0.3 is 6.03 Å². The van der Waals surface area contributed by atoms with Gasteiger partial charge in [-0.3, -0.25) is 4.79 Å². The van der Waals surface area contributed by atoms with Crippen molar-refractivity contribution in [3.8, 4) is 11.4 Å². The number of hydrogen-bond donors (Lipinski definition) is 3. The molecule has 3 heterocycles. The number of fused-ring (bicyclic) bond motifs is 1. The molecule has 47 heavy (non-hydrogen) atoms. The van der Waals surface area contributed by atoms with Gasteiger partial charge < -0.3 is 35.2 Å². The third kappa shape index (κ3) is 7.54. The highest BCUT2D eigenvalue weighted by Crippen LogP contribution is 2.32. The first-order chi connectivity index (χ1) is 22.5. The van der Waals surface area contributed by atoms with Crippen LogP contribution in [0.25, 0.3) is 22.3 Å². The standard InChI is InChI=1S/C36H43N7O4/c1-36(2,46)26-9-14-30-31(23-26)39-32(40-33(30)42-19-21-47-22-20-42)24-5-10-27(11-6-24)37-35(45)38-28-12-7-25(8-13-28)34(44)43-17-15-29(16-18-43)41(3)4/h5-14,23,29,46H,15-22H2,1-4H3,(H2,37,38,45). The summed E-state index contributed by atoms with van der Waals surface area (Å²) in [5, 5.41) is 17.3. The van der Waals surface area contributed by atoms with Gasteiger partial charge in [-0.05, 0) is 107 Å². The molecule has 11 nitrogen and oxygen atoms in total. The molecule has 0 unspecified atom stereocenters. The van der Waals surface area contributed by atoms with Gasteiger partial charge in [0.1, 0.15) is 5.82 Å². The van der Waals surface area contributed by atoms with Crippen LogP contribution in [0, 0.1) is 0 Å². The van der Waals surface area contributed by atoms with Crippen molar-refractivity contribution in [2.45, 2.75) is 38.3 Å². The zero-order valence-electron chi connectivity index (χ0n) is 27.5. The van der Waals surface area contributed by atoms with E-state index in [1.165, 1.54) is 0 Å². The van der Waals surface area contributed by atoms with Crippen LogP contribution >= 0.6 is 0 Å². The summed E-state index contributed by atoms with van der Waals surface area (Å²) in [7, 11) is 4.16. The number of aliphatic hydroxyl groups is 1. The highest BCUT2D eigenvalue weighted by Gasteiger charge is 2.25. The molecule has 2 aliphatic heterocycles. The number of benzene rings is 3. The van der Waals surface area contributed by atoms with Crippen LogP contribution in [0.1, 0.15) is 42.6 Å². The van der Waals surface area contributed by atoms with E-state index in [0.717, 1.165) is 66.9 Å². The molecule has 3 N–H and O–H groups in total. The molecule has 6 rings (SSSR count).